The molecule has 1 amide bonds. The zero-order valence-corrected chi connectivity index (χ0v) is 19.0. The van der Waals surface area contributed by atoms with Gasteiger partial charge in [-0.2, -0.15) is 23.0 Å². The van der Waals surface area contributed by atoms with Crippen LogP contribution in [0, 0.1) is 6.92 Å². The van der Waals surface area contributed by atoms with E-state index in [4.69, 9.17) is 0 Å². The molecule has 0 radical (unpaired) electrons. The Morgan fingerprint density at radius 1 is 0.972 bits per heavy atom. The number of rotatable bonds is 6. The number of carbonyl (C=O) groups is 1. The van der Waals surface area contributed by atoms with Crippen LogP contribution < -0.4 is 16.6 Å². The van der Waals surface area contributed by atoms with Crippen LogP contribution in [0.2, 0.25) is 0 Å². The van der Waals surface area contributed by atoms with Crippen LogP contribution in [0.1, 0.15) is 32.7 Å². The fourth-order valence-corrected chi connectivity index (χ4v) is 3.52. The molecule has 2 aromatic heterocycles. The number of aromatic nitrogens is 4. The Morgan fingerprint density at radius 3 is 2.39 bits per heavy atom. The Bertz CT molecular complexity index is 1530. The average Bonchev–Trinajstić information content (AvgIpc) is 2.85. The van der Waals surface area contributed by atoms with Gasteiger partial charge in [-0.05, 0) is 60.0 Å². The summed E-state index contributed by atoms with van der Waals surface area (Å²) in [7, 11) is 0. The second-order valence-corrected chi connectivity index (χ2v) is 8.01. The van der Waals surface area contributed by atoms with Crippen LogP contribution in [0.4, 0.5) is 13.2 Å². The molecule has 8 nitrogen and oxygen atoms in total. The van der Waals surface area contributed by atoms with E-state index in [9.17, 15) is 27.6 Å². The Hall–Kier alpha value is -4.54. The summed E-state index contributed by atoms with van der Waals surface area (Å²) in [6, 6.07) is 14.3. The summed E-state index contributed by atoms with van der Waals surface area (Å²) in [6.07, 6.45) is -1.52. The van der Waals surface area contributed by atoms with Crippen LogP contribution in [0.15, 0.2) is 82.6 Å². The molecule has 11 heteroatoms. The largest absolute Gasteiger partial charge is 0.416 e. The molecule has 36 heavy (non-hydrogen) atoms. The van der Waals surface area contributed by atoms with E-state index in [2.05, 4.69) is 15.4 Å². The van der Waals surface area contributed by atoms with Gasteiger partial charge in [0, 0.05) is 18.9 Å². The van der Waals surface area contributed by atoms with Gasteiger partial charge in [0.15, 0.2) is 0 Å². The van der Waals surface area contributed by atoms with Crippen molar-refractivity contribution in [3.8, 4) is 5.69 Å². The second-order valence-electron chi connectivity index (χ2n) is 8.01. The van der Waals surface area contributed by atoms with Gasteiger partial charge in [-0.15, -0.1) is 0 Å². The Kier molecular flexibility index (Phi) is 6.82. The summed E-state index contributed by atoms with van der Waals surface area (Å²) < 4.78 is 41.1. The molecule has 0 saturated heterocycles. The third-order valence-electron chi connectivity index (χ3n) is 5.32. The van der Waals surface area contributed by atoms with Gasteiger partial charge >= 0.3 is 11.9 Å². The van der Waals surface area contributed by atoms with Crippen LogP contribution in [0.3, 0.4) is 0 Å². The molecule has 2 heterocycles. The van der Waals surface area contributed by atoms with E-state index in [1.54, 1.807) is 55.7 Å². The lowest BCUT2D eigenvalue weighted by molar-refractivity contribution is -0.137. The number of halogens is 3. The van der Waals surface area contributed by atoms with E-state index in [0.29, 0.717) is 10.3 Å². The van der Waals surface area contributed by atoms with Crippen molar-refractivity contribution in [2.45, 2.75) is 26.2 Å². The van der Waals surface area contributed by atoms with Crippen molar-refractivity contribution in [2.24, 2.45) is 0 Å². The molecular formula is C25H20F3N5O3. The van der Waals surface area contributed by atoms with E-state index < -0.39 is 41.1 Å². The zero-order valence-electron chi connectivity index (χ0n) is 19.0. The lowest BCUT2D eigenvalue weighted by Crippen LogP contribution is -2.46. The van der Waals surface area contributed by atoms with Crippen LogP contribution in [-0.2, 0) is 19.3 Å². The van der Waals surface area contributed by atoms with E-state index in [1.165, 1.54) is 12.1 Å². The molecule has 0 bridgehead atoms. The number of pyridine rings is 1. The topological polar surface area (TPSA) is 98.9 Å². The van der Waals surface area contributed by atoms with Gasteiger partial charge in [0.25, 0.3) is 11.5 Å². The number of hydrogen-bond acceptors (Lipinski definition) is 5. The second kappa shape index (κ2) is 9.98. The maximum absolute atomic E-state index is 13.2. The van der Waals surface area contributed by atoms with Crippen molar-refractivity contribution in [2.75, 3.05) is 0 Å². The number of alkyl halides is 3. The molecule has 2 aromatic carbocycles. The smallest absolute Gasteiger partial charge is 0.346 e. The van der Waals surface area contributed by atoms with Crippen molar-refractivity contribution < 1.29 is 18.0 Å². The predicted octanol–water partition coefficient (Wildman–Crippen LogP) is 3.09. The minimum Gasteiger partial charge on any atom is -0.346 e. The van der Waals surface area contributed by atoms with Gasteiger partial charge in [-0.25, -0.2) is 4.79 Å². The first-order valence-corrected chi connectivity index (χ1v) is 10.8. The van der Waals surface area contributed by atoms with Gasteiger partial charge in [-0.3, -0.25) is 19.1 Å². The van der Waals surface area contributed by atoms with Gasteiger partial charge in [-0.1, -0.05) is 24.3 Å². The minimum atomic E-state index is -4.60. The standard InChI is InChI=1S/C25H20F3N5O3/c1-16-4-2-7-20(12-16)33-24(36)32(15-18-5-3-6-19(13-18)25(26,27)28)23(35)21(31-33)22(34)30-14-17-8-10-29-11-9-17/h2-13H,14-15H2,1H3,(H,30,34). The minimum absolute atomic E-state index is 0.0640. The highest BCUT2D eigenvalue weighted by molar-refractivity contribution is 5.91. The summed E-state index contributed by atoms with van der Waals surface area (Å²) in [5, 5.41) is 6.60. The highest BCUT2D eigenvalue weighted by Crippen LogP contribution is 2.29. The summed E-state index contributed by atoms with van der Waals surface area (Å²) >= 11 is 0. The highest BCUT2D eigenvalue weighted by atomic mass is 19.4. The number of carbonyl (C=O) groups excluding carboxylic acids is 1. The lowest BCUT2D eigenvalue weighted by atomic mass is 10.1. The molecular weight excluding hydrogens is 475 g/mol. The maximum atomic E-state index is 13.2. The first-order chi connectivity index (χ1) is 17.1. The van der Waals surface area contributed by atoms with Crippen molar-refractivity contribution in [3.05, 3.63) is 122 Å². The molecule has 184 valence electrons. The van der Waals surface area contributed by atoms with Crippen molar-refractivity contribution in [1.82, 2.24) is 24.6 Å². The Labute approximate surface area is 202 Å². The third-order valence-corrected chi connectivity index (χ3v) is 5.32. The summed E-state index contributed by atoms with van der Waals surface area (Å²) in [4.78, 5) is 43.2. The molecule has 0 atom stereocenters. The number of nitrogens with one attached hydrogen (secondary N) is 1. The Balaban J connectivity index is 1.80. The van der Waals surface area contributed by atoms with Crippen LogP contribution in [0.5, 0.6) is 0 Å². The quantitative estimate of drug-likeness (QED) is 0.443. The zero-order chi connectivity index (χ0) is 25.9. The van der Waals surface area contributed by atoms with Crippen molar-refractivity contribution >= 4 is 5.91 Å². The fourth-order valence-electron chi connectivity index (χ4n) is 3.52. The van der Waals surface area contributed by atoms with E-state index in [1.807, 2.05) is 0 Å². The van der Waals surface area contributed by atoms with Crippen molar-refractivity contribution in [1.29, 1.82) is 0 Å². The maximum Gasteiger partial charge on any atom is 0.416 e. The number of aryl methyl sites for hydroxylation is 1. The van der Waals surface area contributed by atoms with E-state index in [-0.39, 0.29) is 12.1 Å². The number of amides is 1. The molecule has 4 rings (SSSR count). The van der Waals surface area contributed by atoms with Gasteiger partial charge in [0.05, 0.1) is 17.8 Å². The first kappa shape index (κ1) is 24.6. The summed E-state index contributed by atoms with van der Waals surface area (Å²) in [5.41, 5.74) is -1.54. The predicted molar refractivity (Wildman–Crippen MR) is 125 cm³/mol. The highest BCUT2D eigenvalue weighted by Gasteiger charge is 2.30. The van der Waals surface area contributed by atoms with Gasteiger partial charge in [0.1, 0.15) is 0 Å². The first-order valence-electron chi connectivity index (χ1n) is 10.8. The van der Waals surface area contributed by atoms with Gasteiger partial charge in [0.2, 0.25) is 5.69 Å². The van der Waals surface area contributed by atoms with Crippen LogP contribution in [0.25, 0.3) is 5.69 Å². The molecule has 0 aliphatic heterocycles. The monoisotopic (exact) mass is 495 g/mol. The summed E-state index contributed by atoms with van der Waals surface area (Å²) in [5.74, 6) is -0.837. The average molecular weight is 495 g/mol. The Morgan fingerprint density at radius 2 is 1.69 bits per heavy atom. The normalized spacial score (nSPS) is 11.3. The number of benzene rings is 2. The number of hydrogen-bond donors (Lipinski definition) is 1. The van der Waals surface area contributed by atoms with Gasteiger partial charge < -0.3 is 5.32 Å². The fraction of sp³-hybridized carbons (Fsp3) is 0.160. The molecule has 0 aliphatic rings. The molecule has 1 N–H and O–H groups in total. The third kappa shape index (κ3) is 5.40. The molecule has 0 unspecified atom stereocenters. The summed E-state index contributed by atoms with van der Waals surface area (Å²) in [6.45, 7) is 1.37. The SMILES string of the molecule is Cc1cccc(-n2nc(C(=O)NCc3ccncc3)c(=O)n(Cc3cccc(C(F)(F)F)c3)c2=O)c1. The lowest BCUT2D eigenvalue weighted by Gasteiger charge is -2.14. The molecule has 4 aromatic rings. The number of nitrogens with zero attached hydrogens (tertiary/aromatic N) is 4. The van der Waals surface area contributed by atoms with E-state index >= 15 is 0 Å². The molecule has 0 saturated carbocycles. The van der Waals surface area contributed by atoms with Crippen LogP contribution in [-0.4, -0.2) is 25.2 Å². The molecule has 0 spiro atoms. The molecule has 0 aliphatic carbocycles. The molecule has 0 fully saturated rings. The van der Waals surface area contributed by atoms with Crippen molar-refractivity contribution in [3.63, 3.8) is 0 Å². The van der Waals surface area contributed by atoms with Crippen LogP contribution >= 0.6 is 0 Å². The van der Waals surface area contributed by atoms with E-state index in [0.717, 1.165) is 27.9 Å².